The highest BCUT2D eigenvalue weighted by Crippen LogP contribution is 2.17. The normalized spacial score (nSPS) is 17.7. The van der Waals surface area contributed by atoms with Gasteiger partial charge in [0.15, 0.2) is 0 Å². The number of carbonyl (C=O) groups excluding carboxylic acids is 1. The first kappa shape index (κ1) is 18.6. The van der Waals surface area contributed by atoms with E-state index in [0.29, 0.717) is 12.2 Å². The van der Waals surface area contributed by atoms with Crippen molar-refractivity contribution in [1.29, 1.82) is 0 Å². The molecule has 0 bridgehead atoms. The molecule has 1 fully saturated rings. The smallest absolute Gasteiger partial charge is 0.252 e. The second-order valence-corrected chi connectivity index (χ2v) is 7.48. The van der Waals surface area contributed by atoms with Crippen molar-refractivity contribution in [2.24, 2.45) is 0 Å². The summed E-state index contributed by atoms with van der Waals surface area (Å²) in [5.74, 6) is 0.669. The van der Waals surface area contributed by atoms with Crippen LogP contribution in [0.4, 0.5) is 0 Å². The second-order valence-electron chi connectivity index (χ2n) is 7.48. The third-order valence-corrected chi connectivity index (χ3v) is 5.52. The summed E-state index contributed by atoms with van der Waals surface area (Å²) in [4.78, 5) is 25.5. The summed E-state index contributed by atoms with van der Waals surface area (Å²) in [6, 6.07) is 10.9. The number of aromatic nitrogens is 4. The average molecular weight is 378 g/mol. The molecule has 0 unspecified atom stereocenters. The van der Waals surface area contributed by atoms with E-state index < -0.39 is 0 Å². The molecule has 2 aromatic heterocycles. The molecule has 7 heteroatoms. The number of likely N-dealkylation sites (tertiary alicyclic amines) is 1. The summed E-state index contributed by atoms with van der Waals surface area (Å²) in [6.07, 6.45) is 8.58. The van der Waals surface area contributed by atoms with Crippen LogP contribution >= 0.6 is 0 Å². The van der Waals surface area contributed by atoms with Crippen LogP contribution in [-0.4, -0.2) is 68.0 Å². The molecule has 3 heterocycles. The lowest BCUT2D eigenvalue weighted by Crippen LogP contribution is -2.49. The SMILES string of the molecule is CN(C(=O)Cc1cnc2ncnn2c1)[C@@H]1CCCN(CCc2ccccc2)C1. The van der Waals surface area contributed by atoms with E-state index in [1.807, 2.05) is 18.1 Å². The minimum atomic E-state index is 0.121. The summed E-state index contributed by atoms with van der Waals surface area (Å²) in [5, 5.41) is 4.09. The number of nitrogens with zero attached hydrogens (tertiary/aromatic N) is 6. The maximum Gasteiger partial charge on any atom is 0.252 e. The van der Waals surface area contributed by atoms with Crippen LogP contribution in [0.2, 0.25) is 0 Å². The molecular formula is C21H26N6O. The van der Waals surface area contributed by atoms with Gasteiger partial charge in [0.05, 0.1) is 6.42 Å². The highest BCUT2D eigenvalue weighted by Gasteiger charge is 2.26. The molecule has 0 saturated carbocycles. The van der Waals surface area contributed by atoms with Crippen LogP contribution in [0, 0.1) is 0 Å². The Kier molecular flexibility index (Phi) is 5.62. The molecule has 1 aliphatic rings. The van der Waals surface area contributed by atoms with E-state index in [-0.39, 0.29) is 11.9 Å². The molecule has 7 nitrogen and oxygen atoms in total. The quantitative estimate of drug-likeness (QED) is 0.655. The van der Waals surface area contributed by atoms with Crippen LogP contribution in [0.5, 0.6) is 0 Å². The fraction of sp³-hybridized carbons (Fsp3) is 0.429. The topological polar surface area (TPSA) is 66.6 Å². The first-order chi connectivity index (χ1) is 13.7. The van der Waals surface area contributed by atoms with Gasteiger partial charge in [0.1, 0.15) is 6.33 Å². The highest BCUT2D eigenvalue weighted by atomic mass is 16.2. The molecule has 0 spiro atoms. The Balaban J connectivity index is 1.32. The van der Waals surface area contributed by atoms with E-state index in [9.17, 15) is 4.79 Å². The molecule has 146 valence electrons. The fourth-order valence-corrected chi connectivity index (χ4v) is 3.83. The second kappa shape index (κ2) is 8.48. The Hall–Kier alpha value is -2.80. The molecule has 0 aliphatic carbocycles. The van der Waals surface area contributed by atoms with Gasteiger partial charge in [0, 0.05) is 38.6 Å². The number of rotatable bonds is 6. The van der Waals surface area contributed by atoms with Crippen molar-refractivity contribution in [1.82, 2.24) is 29.4 Å². The number of likely N-dealkylation sites (N-methyl/N-ethyl adjacent to an activating group) is 1. The molecule has 1 amide bonds. The van der Waals surface area contributed by atoms with Crippen molar-refractivity contribution in [3.63, 3.8) is 0 Å². The van der Waals surface area contributed by atoms with Gasteiger partial charge in [-0.1, -0.05) is 30.3 Å². The van der Waals surface area contributed by atoms with Gasteiger partial charge in [0.2, 0.25) is 5.91 Å². The third-order valence-electron chi connectivity index (χ3n) is 5.52. The molecule has 0 radical (unpaired) electrons. The zero-order valence-corrected chi connectivity index (χ0v) is 16.2. The maximum atomic E-state index is 12.8. The van der Waals surface area contributed by atoms with Crippen LogP contribution in [0.15, 0.2) is 49.1 Å². The lowest BCUT2D eigenvalue weighted by atomic mass is 10.0. The predicted molar refractivity (Wildman–Crippen MR) is 107 cm³/mol. The summed E-state index contributed by atoms with van der Waals surface area (Å²) in [5.41, 5.74) is 2.22. The van der Waals surface area contributed by atoms with E-state index in [1.165, 1.54) is 11.9 Å². The van der Waals surface area contributed by atoms with Crippen molar-refractivity contribution in [3.8, 4) is 0 Å². The summed E-state index contributed by atoms with van der Waals surface area (Å²) in [6.45, 7) is 3.09. The van der Waals surface area contributed by atoms with Crippen LogP contribution in [0.1, 0.15) is 24.0 Å². The predicted octanol–water partition coefficient (Wildman–Crippen LogP) is 1.83. The lowest BCUT2D eigenvalue weighted by molar-refractivity contribution is -0.132. The Morgan fingerprint density at radius 3 is 2.93 bits per heavy atom. The van der Waals surface area contributed by atoms with E-state index >= 15 is 0 Å². The standard InChI is InChI=1S/C21H26N6O/c1-25(20(28)12-18-13-22-21-23-16-24-27(21)14-18)19-8-5-10-26(15-19)11-9-17-6-3-2-4-7-17/h2-4,6-7,13-14,16,19H,5,8-12,15H2,1H3/t19-/m1/s1. The van der Waals surface area contributed by atoms with Gasteiger partial charge in [0.25, 0.3) is 5.78 Å². The van der Waals surface area contributed by atoms with Crippen molar-refractivity contribution in [2.75, 3.05) is 26.7 Å². The first-order valence-corrected chi connectivity index (χ1v) is 9.85. The molecule has 1 aromatic carbocycles. The van der Waals surface area contributed by atoms with Gasteiger partial charge in [-0.15, -0.1) is 0 Å². The van der Waals surface area contributed by atoms with Crippen LogP contribution in [0.3, 0.4) is 0 Å². The van der Waals surface area contributed by atoms with Crippen LogP contribution in [-0.2, 0) is 17.6 Å². The Bertz CT molecular complexity index is 925. The molecule has 3 aromatic rings. The zero-order chi connectivity index (χ0) is 19.3. The minimum absolute atomic E-state index is 0.121. The van der Waals surface area contributed by atoms with Gasteiger partial charge < -0.3 is 9.80 Å². The molecule has 1 saturated heterocycles. The van der Waals surface area contributed by atoms with Crippen molar-refractivity contribution in [2.45, 2.75) is 31.7 Å². The molecule has 1 aliphatic heterocycles. The number of carbonyl (C=O) groups is 1. The Morgan fingerprint density at radius 1 is 1.21 bits per heavy atom. The fourth-order valence-electron chi connectivity index (χ4n) is 3.83. The highest BCUT2D eigenvalue weighted by molar-refractivity contribution is 5.78. The van der Waals surface area contributed by atoms with Crippen LogP contribution in [0.25, 0.3) is 5.78 Å². The van der Waals surface area contributed by atoms with Crippen LogP contribution < -0.4 is 0 Å². The van der Waals surface area contributed by atoms with Gasteiger partial charge >= 0.3 is 0 Å². The van der Waals surface area contributed by atoms with Crippen molar-refractivity contribution < 1.29 is 4.79 Å². The Labute approximate surface area is 165 Å². The van der Waals surface area contributed by atoms with Crippen molar-refractivity contribution >= 4 is 11.7 Å². The molecule has 4 rings (SSSR count). The summed E-state index contributed by atoms with van der Waals surface area (Å²) < 4.78 is 1.61. The number of amides is 1. The number of piperidine rings is 1. The third kappa shape index (κ3) is 4.36. The molecular weight excluding hydrogens is 352 g/mol. The van der Waals surface area contributed by atoms with Crippen molar-refractivity contribution in [3.05, 3.63) is 60.2 Å². The number of hydrogen-bond donors (Lipinski definition) is 0. The molecule has 28 heavy (non-hydrogen) atoms. The monoisotopic (exact) mass is 378 g/mol. The molecule has 0 N–H and O–H groups in total. The van der Waals surface area contributed by atoms with Gasteiger partial charge in [-0.3, -0.25) is 4.79 Å². The van der Waals surface area contributed by atoms with Gasteiger partial charge in [-0.05, 0) is 36.9 Å². The minimum Gasteiger partial charge on any atom is -0.341 e. The number of fused-ring (bicyclic) bond motifs is 1. The van der Waals surface area contributed by atoms with Gasteiger partial charge in [-0.2, -0.15) is 10.1 Å². The number of hydrogen-bond acceptors (Lipinski definition) is 5. The van der Waals surface area contributed by atoms with E-state index in [0.717, 1.165) is 44.5 Å². The van der Waals surface area contributed by atoms with E-state index in [2.05, 4.69) is 50.3 Å². The maximum absolute atomic E-state index is 12.8. The lowest BCUT2D eigenvalue weighted by Gasteiger charge is -2.37. The largest absolute Gasteiger partial charge is 0.341 e. The number of benzene rings is 1. The first-order valence-electron chi connectivity index (χ1n) is 9.85. The zero-order valence-electron chi connectivity index (χ0n) is 16.2. The van der Waals surface area contributed by atoms with E-state index in [1.54, 1.807) is 10.7 Å². The molecule has 1 atom stereocenters. The average Bonchev–Trinajstić information content (AvgIpc) is 3.20. The summed E-state index contributed by atoms with van der Waals surface area (Å²) in [7, 11) is 1.93. The Morgan fingerprint density at radius 2 is 2.07 bits per heavy atom. The van der Waals surface area contributed by atoms with Gasteiger partial charge in [-0.25, -0.2) is 9.50 Å². The summed E-state index contributed by atoms with van der Waals surface area (Å²) >= 11 is 0. The van der Waals surface area contributed by atoms with E-state index in [4.69, 9.17) is 0 Å².